The standard InChI is InChI=1S/C19H18N2O2S/c1-3-24-19-20-17(13-14-9-11-16(23-2)12-10-14)18(22)21(19)15-7-5-4-6-8-15/h4-13H,3H2,1-2H3/b17-13-. The van der Waals surface area contributed by atoms with Crippen molar-refractivity contribution in [3.05, 3.63) is 65.9 Å². The summed E-state index contributed by atoms with van der Waals surface area (Å²) in [5.41, 5.74) is 2.19. The molecule has 0 saturated heterocycles. The van der Waals surface area contributed by atoms with Gasteiger partial charge in [-0.2, -0.15) is 0 Å². The van der Waals surface area contributed by atoms with Crippen LogP contribution in [0.1, 0.15) is 12.5 Å². The minimum Gasteiger partial charge on any atom is -0.497 e. The molecule has 0 atom stereocenters. The van der Waals surface area contributed by atoms with Gasteiger partial charge in [0.1, 0.15) is 11.4 Å². The average molecular weight is 338 g/mol. The van der Waals surface area contributed by atoms with E-state index >= 15 is 0 Å². The third kappa shape index (κ3) is 3.36. The first-order valence-corrected chi connectivity index (χ1v) is 8.68. The topological polar surface area (TPSA) is 41.9 Å². The lowest BCUT2D eigenvalue weighted by molar-refractivity contribution is -0.113. The number of nitrogens with zero attached hydrogens (tertiary/aromatic N) is 2. The van der Waals surface area contributed by atoms with Crippen molar-refractivity contribution in [1.82, 2.24) is 0 Å². The van der Waals surface area contributed by atoms with E-state index in [9.17, 15) is 4.79 Å². The first-order valence-electron chi connectivity index (χ1n) is 7.69. The number of methoxy groups -OCH3 is 1. The summed E-state index contributed by atoms with van der Waals surface area (Å²) in [7, 11) is 1.63. The first-order chi connectivity index (χ1) is 11.7. The summed E-state index contributed by atoms with van der Waals surface area (Å²) in [4.78, 5) is 19.0. The van der Waals surface area contributed by atoms with E-state index in [1.54, 1.807) is 29.8 Å². The number of hydrogen-bond donors (Lipinski definition) is 0. The van der Waals surface area contributed by atoms with Gasteiger partial charge in [-0.25, -0.2) is 4.99 Å². The van der Waals surface area contributed by atoms with Crippen LogP contribution < -0.4 is 9.64 Å². The van der Waals surface area contributed by atoms with Gasteiger partial charge in [-0.1, -0.05) is 49.0 Å². The molecule has 122 valence electrons. The quantitative estimate of drug-likeness (QED) is 0.785. The highest BCUT2D eigenvalue weighted by Crippen LogP contribution is 2.29. The summed E-state index contributed by atoms with van der Waals surface area (Å²) < 4.78 is 5.16. The van der Waals surface area contributed by atoms with Gasteiger partial charge in [0.25, 0.3) is 5.91 Å². The predicted molar refractivity (Wildman–Crippen MR) is 100 cm³/mol. The molecule has 1 amide bonds. The monoisotopic (exact) mass is 338 g/mol. The molecular formula is C19H18N2O2S. The number of hydrogen-bond acceptors (Lipinski definition) is 4. The van der Waals surface area contributed by atoms with Crippen LogP contribution in [-0.2, 0) is 4.79 Å². The van der Waals surface area contributed by atoms with E-state index in [2.05, 4.69) is 4.99 Å². The summed E-state index contributed by atoms with van der Waals surface area (Å²) >= 11 is 1.56. The number of anilines is 1. The summed E-state index contributed by atoms with van der Waals surface area (Å²) in [6.07, 6.45) is 1.81. The largest absolute Gasteiger partial charge is 0.497 e. The minimum absolute atomic E-state index is 0.104. The van der Waals surface area contributed by atoms with Crippen LogP contribution in [0.2, 0.25) is 0 Å². The molecule has 0 unspecified atom stereocenters. The molecule has 0 saturated carbocycles. The number of thioether (sulfide) groups is 1. The number of amidine groups is 1. The van der Waals surface area contributed by atoms with E-state index in [1.807, 2.05) is 61.5 Å². The Labute approximate surface area is 145 Å². The van der Waals surface area contributed by atoms with Crippen LogP contribution in [0.25, 0.3) is 6.08 Å². The Morgan fingerprint density at radius 1 is 1.12 bits per heavy atom. The van der Waals surface area contributed by atoms with Crippen molar-refractivity contribution < 1.29 is 9.53 Å². The molecule has 1 aliphatic rings. The van der Waals surface area contributed by atoms with Crippen LogP contribution in [-0.4, -0.2) is 23.9 Å². The lowest BCUT2D eigenvalue weighted by Crippen LogP contribution is -2.30. The number of carbonyl (C=O) groups is 1. The molecule has 0 spiro atoms. The number of carbonyl (C=O) groups excluding carboxylic acids is 1. The number of rotatable bonds is 4. The van der Waals surface area contributed by atoms with Crippen molar-refractivity contribution in [3.8, 4) is 5.75 Å². The molecule has 5 heteroatoms. The number of para-hydroxylation sites is 1. The Hall–Kier alpha value is -2.53. The first kappa shape index (κ1) is 16.3. The van der Waals surface area contributed by atoms with Gasteiger partial charge in [0, 0.05) is 0 Å². The second-order valence-corrected chi connectivity index (χ2v) is 6.34. The highest BCUT2D eigenvalue weighted by Gasteiger charge is 2.31. The Balaban J connectivity index is 1.94. The molecule has 1 heterocycles. The molecule has 0 aliphatic carbocycles. The van der Waals surface area contributed by atoms with Gasteiger partial charge in [-0.3, -0.25) is 9.69 Å². The summed E-state index contributed by atoms with van der Waals surface area (Å²) in [5.74, 6) is 1.53. The zero-order chi connectivity index (χ0) is 16.9. The lowest BCUT2D eigenvalue weighted by Gasteiger charge is -2.17. The molecule has 0 bridgehead atoms. The number of ether oxygens (including phenoxy) is 1. The van der Waals surface area contributed by atoms with E-state index in [0.717, 1.165) is 22.8 Å². The van der Waals surface area contributed by atoms with Gasteiger partial charge >= 0.3 is 0 Å². The summed E-state index contributed by atoms with van der Waals surface area (Å²) in [5, 5.41) is 0.716. The average Bonchev–Trinajstić information content (AvgIpc) is 2.92. The van der Waals surface area contributed by atoms with Crippen LogP contribution in [0, 0.1) is 0 Å². The van der Waals surface area contributed by atoms with Crippen molar-refractivity contribution in [3.63, 3.8) is 0 Å². The van der Waals surface area contributed by atoms with Crippen molar-refractivity contribution >= 4 is 34.6 Å². The van der Waals surface area contributed by atoms with E-state index < -0.39 is 0 Å². The number of benzene rings is 2. The Kier molecular flexibility index (Phi) is 5.01. The molecule has 0 aromatic heterocycles. The number of amides is 1. The molecule has 0 N–H and O–H groups in total. The Morgan fingerprint density at radius 3 is 2.46 bits per heavy atom. The molecule has 4 nitrogen and oxygen atoms in total. The lowest BCUT2D eigenvalue weighted by atomic mass is 10.2. The fraction of sp³-hybridized carbons (Fsp3) is 0.158. The normalized spacial score (nSPS) is 15.8. The maximum atomic E-state index is 12.8. The van der Waals surface area contributed by atoms with Crippen LogP contribution >= 0.6 is 11.8 Å². The van der Waals surface area contributed by atoms with E-state index in [1.165, 1.54) is 0 Å². The van der Waals surface area contributed by atoms with Crippen molar-refractivity contribution in [2.75, 3.05) is 17.8 Å². The van der Waals surface area contributed by atoms with Crippen LogP contribution in [0.4, 0.5) is 5.69 Å². The van der Waals surface area contributed by atoms with Gasteiger partial charge in [-0.15, -0.1) is 0 Å². The van der Waals surface area contributed by atoms with E-state index in [-0.39, 0.29) is 5.91 Å². The smallest absolute Gasteiger partial charge is 0.283 e. The summed E-state index contributed by atoms with van der Waals surface area (Å²) in [6, 6.07) is 17.2. The fourth-order valence-corrected chi connectivity index (χ4v) is 3.12. The van der Waals surface area contributed by atoms with Gasteiger partial charge in [0.2, 0.25) is 0 Å². The third-order valence-corrected chi connectivity index (χ3v) is 4.36. The molecule has 0 fully saturated rings. The van der Waals surface area contributed by atoms with Crippen molar-refractivity contribution in [2.45, 2.75) is 6.92 Å². The highest BCUT2D eigenvalue weighted by molar-refractivity contribution is 8.14. The van der Waals surface area contributed by atoms with Crippen molar-refractivity contribution in [1.29, 1.82) is 0 Å². The number of aliphatic imine (C=N–C) groups is 1. The van der Waals surface area contributed by atoms with E-state index in [4.69, 9.17) is 4.74 Å². The van der Waals surface area contributed by atoms with Gasteiger partial charge in [0.05, 0.1) is 12.8 Å². The molecular weight excluding hydrogens is 320 g/mol. The predicted octanol–water partition coefficient (Wildman–Crippen LogP) is 4.19. The molecule has 1 aliphatic heterocycles. The zero-order valence-electron chi connectivity index (χ0n) is 13.6. The molecule has 2 aromatic carbocycles. The maximum absolute atomic E-state index is 12.8. The Bertz CT molecular complexity index is 783. The molecule has 0 radical (unpaired) electrons. The fourth-order valence-electron chi connectivity index (χ4n) is 2.38. The van der Waals surface area contributed by atoms with Crippen LogP contribution in [0.3, 0.4) is 0 Å². The second-order valence-electron chi connectivity index (χ2n) is 5.11. The van der Waals surface area contributed by atoms with Gasteiger partial charge < -0.3 is 4.74 Å². The second kappa shape index (κ2) is 7.36. The zero-order valence-corrected chi connectivity index (χ0v) is 14.4. The molecule has 24 heavy (non-hydrogen) atoms. The van der Waals surface area contributed by atoms with Crippen LogP contribution in [0.15, 0.2) is 65.3 Å². The van der Waals surface area contributed by atoms with E-state index in [0.29, 0.717) is 10.9 Å². The van der Waals surface area contributed by atoms with Crippen LogP contribution in [0.5, 0.6) is 5.75 Å². The van der Waals surface area contributed by atoms with Gasteiger partial charge in [-0.05, 0) is 41.7 Å². The maximum Gasteiger partial charge on any atom is 0.283 e. The molecule has 3 rings (SSSR count). The Morgan fingerprint density at radius 2 is 1.83 bits per heavy atom. The highest BCUT2D eigenvalue weighted by atomic mass is 32.2. The SMILES string of the molecule is CCSC1=N/C(=C\c2ccc(OC)cc2)C(=O)N1c1ccccc1. The molecule has 2 aromatic rings. The van der Waals surface area contributed by atoms with Crippen molar-refractivity contribution in [2.24, 2.45) is 4.99 Å². The summed E-state index contributed by atoms with van der Waals surface area (Å²) in [6.45, 7) is 2.05. The minimum atomic E-state index is -0.104. The third-order valence-electron chi connectivity index (χ3n) is 3.54. The van der Waals surface area contributed by atoms with Gasteiger partial charge in [0.15, 0.2) is 5.17 Å².